The van der Waals surface area contributed by atoms with Gasteiger partial charge in [-0.3, -0.25) is 9.69 Å². The van der Waals surface area contributed by atoms with Crippen LogP contribution in [0, 0.1) is 0 Å². The van der Waals surface area contributed by atoms with E-state index >= 15 is 0 Å². The molecule has 0 bridgehead atoms. The van der Waals surface area contributed by atoms with Crippen LogP contribution in [0.1, 0.15) is 37.7 Å². The second kappa shape index (κ2) is 13.0. The first-order valence-electron chi connectivity index (χ1n) is 9.67. The first kappa shape index (κ1) is 21.1. The van der Waals surface area contributed by atoms with Crippen molar-refractivity contribution in [2.45, 2.75) is 38.6 Å². The zero-order chi connectivity index (χ0) is 18.5. The summed E-state index contributed by atoms with van der Waals surface area (Å²) in [4.78, 5) is 14.1. The third-order valence-electron chi connectivity index (χ3n) is 4.35. The molecule has 6 heteroatoms. The Morgan fingerprint density at radius 1 is 1.23 bits per heavy atom. The van der Waals surface area contributed by atoms with Crippen molar-refractivity contribution in [1.29, 1.82) is 0 Å². The van der Waals surface area contributed by atoms with Crippen LogP contribution in [-0.4, -0.2) is 60.3 Å². The Labute approximate surface area is 161 Å². The molecule has 1 aliphatic rings. The van der Waals surface area contributed by atoms with Gasteiger partial charge in [-0.2, -0.15) is 11.8 Å². The molecule has 2 rings (SSSR count). The molecule has 0 aromatic heterocycles. The molecule has 0 radical (unpaired) electrons. The Bertz CT molecular complexity index is 522. The standard InChI is InChI=1S/C20H32N2O3S/c23-12-6-14-26-17-20(24)21-9-5-13-25-19-8-4-7-18(15-19)16-22-10-2-1-3-11-22/h4,7-8,15,23H,1-3,5-6,9-14,16-17H2,(H,21,24). The van der Waals surface area contributed by atoms with Gasteiger partial charge in [0, 0.05) is 19.7 Å². The monoisotopic (exact) mass is 380 g/mol. The number of carbonyl (C=O) groups excluding carboxylic acids is 1. The molecule has 1 aromatic carbocycles. The van der Waals surface area contributed by atoms with Gasteiger partial charge in [0.1, 0.15) is 5.75 Å². The summed E-state index contributed by atoms with van der Waals surface area (Å²) in [5.74, 6) is 2.24. The summed E-state index contributed by atoms with van der Waals surface area (Å²) in [6.45, 7) is 4.82. The number of hydrogen-bond acceptors (Lipinski definition) is 5. The number of thioether (sulfide) groups is 1. The molecule has 1 fully saturated rings. The van der Waals surface area contributed by atoms with Crippen molar-refractivity contribution in [3.05, 3.63) is 29.8 Å². The number of ether oxygens (including phenoxy) is 1. The van der Waals surface area contributed by atoms with Gasteiger partial charge in [0.15, 0.2) is 0 Å². The van der Waals surface area contributed by atoms with Gasteiger partial charge >= 0.3 is 0 Å². The average molecular weight is 381 g/mol. The van der Waals surface area contributed by atoms with Gasteiger partial charge in [-0.25, -0.2) is 0 Å². The van der Waals surface area contributed by atoms with Crippen LogP contribution in [0.15, 0.2) is 24.3 Å². The van der Waals surface area contributed by atoms with Gasteiger partial charge in [0.25, 0.3) is 0 Å². The smallest absolute Gasteiger partial charge is 0.229 e. The van der Waals surface area contributed by atoms with Gasteiger partial charge in [-0.05, 0) is 62.2 Å². The second-order valence-electron chi connectivity index (χ2n) is 6.67. The lowest BCUT2D eigenvalue weighted by Crippen LogP contribution is -2.29. The number of benzene rings is 1. The highest BCUT2D eigenvalue weighted by atomic mass is 32.2. The van der Waals surface area contributed by atoms with Crippen molar-refractivity contribution >= 4 is 17.7 Å². The van der Waals surface area contributed by atoms with Gasteiger partial charge in [-0.1, -0.05) is 18.6 Å². The van der Waals surface area contributed by atoms with Gasteiger partial charge < -0.3 is 15.2 Å². The van der Waals surface area contributed by atoms with Crippen LogP contribution in [0.2, 0.25) is 0 Å². The third-order valence-corrected chi connectivity index (χ3v) is 5.39. The number of piperidine rings is 1. The average Bonchev–Trinajstić information content (AvgIpc) is 2.66. The Balaban J connectivity index is 1.57. The fourth-order valence-corrected chi connectivity index (χ4v) is 3.75. The molecular weight excluding hydrogens is 348 g/mol. The summed E-state index contributed by atoms with van der Waals surface area (Å²) >= 11 is 1.56. The first-order valence-corrected chi connectivity index (χ1v) is 10.8. The Hall–Kier alpha value is -1.24. The van der Waals surface area contributed by atoms with Crippen molar-refractivity contribution in [2.24, 2.45) is 0 Å². The number of likely N-dealkylation sites (tertiary alicyclic amines) is 1. The minimum atomic E-state index is 0.0523. The maximum atomic E-state index is 11.6. The van der Waals surface area contributed by atoms with Crippen molar-refractivity contribution in [3.8, 4) is 5.75 Å². The maximum Gasteiger partial charge on any atom is 0.229 e. The molecule has 0 spiro atoms. The molecule has 1 aromatic rings. The number of aliphatic hydroxyl groups excluding tert-OH is 1. The fourth-order valence-electron chi connectivity index (χ4n) is 2.98. The van der Waals surface area contributed by atoms with Gasteiger partial charge in [-0.15, -0.1) is 0 Å². The van der Waals surface area contributed by atoms with Crippen LogP contribution in [-0.2, 0) is 11.3 Å². The molecule has 0 unspecified atom stereocenters. The third kappa shape index (κ3) is 8.92. The number of amides is 1. The van der Waals surface area contributed by atoms with E-state index < -0.39 is 0 Å². The summed E-state index contributed by atoms with van der Waals surface area (Å²) in [6, 6.07) is 8.34. The quantitative estimate of drug-likeness (QED) is 0.546. The molecule has 0 aliphatic carbocycles. The van der Waals surface area contributed by atoms with E-state index in [0.29, 0.717) is 18.9 Å². The van der Waals surface area contributed by atoms with E-state index in [1.165, 1.54) is 37.9 Å². The summed E-state index contributed by atoms with van der Waals surface area (Å²) in [5, 5.41) is 11.6. The molecule has 26 heavy (non-hydrogen) atoms. The fraction of sp³-hybridized carbons (Fsp3) is 0.650. The van der Waals surface area contributed by atoms with Crippen LogP contribution in [0.4, 0.5) is 0 Å². The molecule has 1 saturated heterocycles. The molecule has 1 heterocycles. The van der Waals surface area contributed by atoms with Crippen molar-refractivity contribution in [2.75, 3.05) is 44.4 Å². The van der Waals surface area contributed by atoms with E-state index in [1.54, 1.807) is 11.8 Å². The summed E-state index contributed by atoms with van der Waals surface area (Å²) in [7, 11) is 0. The highest BCUT2D eigenvalue weighted by Crippen LogP contribution is 2.17. The molecule has 0 atom stereocenters. The van der Waals surface area contributed by atoms with E-state index in [1.807, 2.05) is 6.07 Å². The van der Waals surface area contributed by atoms with E-state index in [2.05, 4.69) is 28.4 Å². The van der Waals surface area contributed by atoms with Crippen molar-refractivity contribution in [1.82, 2.24) is 10.2 Å². The molecule has 1 amide bonds. The van der Waals surface area contributed by atoms with Crippen molar-refractivity contribution in [3.63, 3.8) is 0 Å². The molecule has 1 aliphatic heterocycles. The van der Waals surface area contributed by atoms with E-state index in [-0.39, 0.29) is 12.5 Å². The largest absolute Gasteiger partial charge is 0.494 e. The SMILES string of the molecule is O=C(CSCCCO)NCCCOc1cccc(CN2CCCCC2)c1. The number of aliphatic hydroxyl groups is 1. The number of hydrogen-bond donors (Lipinski definition) is 2. The highest BCUT2D eigenvalue weighted by molar-refractivity contribution is 7.99. The Morgan fingerprint density at radius 2 is 2.08 bits per heavy atom. The molecule has 0 saturated carbocycles. The van der Waals surface area contributed by atoms with Crippen molar-refractivity contribution < 1.29 is 14.6 Å². The zero-order valence-electron chi connectivity index (χ0n) is 15.6. The molecule has 5 nitrogen and oxygen atoms in total. The predicted molar refractivity (Wildman–Crippen MR) is 108 cm³/mol. The van der Waals surface area contributed by atoms with Crippen LogP contribution in [0.5, 0.6) is 5.75 Å². The van der Waals surface area contributed by atoms with Crippen LogP contribution in [0.3, 0.4) is 0 Å². The maximum absolute atomic E-state index is 11.6. The number of rotatable bonds is 12. The van der Waals surface area contributed by atoms with Crippen LogP contribution < -0.4 is 10.1 Å². The second-order valence-corrected chi connectivity index (χ2v) is 7.77. The molecular formula is C20H32N2O3S. The summed E-state index contributed by atoms with van der Waals surface area (Å²) in [6.07, 6.45) is 5.51. The van der Waals surface area contributed by atoms with Crippen LogP contribution >= 0.6 is 11.8 Å². The minimum absolute atomic E-state index is 0.0523. The molecule has 2 N–H and O–H groups in total. The molecule has 146 valence electrons. The summed E-state index contributed by atoms with van der Waals surface area (Å²) in [5.41, 5.74) is 1.30. The highest BCUT2D eigenvalue weighted by Gasteiger charge is 2.10. The lowest BCUT2D eigenvalue weighted by molar-refractivity contribution is -0.118. The van der Waals surface area contributed by atoms with Gasteiger partial charge in [0.05, 0.1) is 12.4 Å². The number of nitrogens with one attached hydrogen (secondary N) is 1. The number of carbonyl (C=O) groups is 1. The topological polar surface area (TPSA) is 61.8 Å². The zero-order valence-corrected chi connectivity index (χ0v) is 16.4. The summed E-state index contributed by atoms with van der Waals surface area (Å²) < 4.78 is 5.83. The van der Waals surface area contributed by atoms with E-state index in [0.717, 1.165) is 30.9 Å². The first-order chi connectivity index (χ1) is 12.8. The van der Waals surface area contributed by atoms with Crippen LogP contribution in [0.25, 0.3) is 0 Å². The normalized spacial score (nSPS) is 15.0. The lowest BCUT2D eigenvalue weighted by atomic mass is 10.1. The van der Waals surface area contributed by atoms with E-state index in [4.69, 9.17) is 9.84 Å². The predicted octanol–water partition coefficient (Wildman–Crippen LogP) is 2.67. The van der Waals surface area contributed by atoms with Gasteiger partial charge in [0.2, 0.25) is 5.91 Å². The number of nitrogens with zero attached hydrogens (tertiary/aromatic N) is 1. The Morgan fingerprint density at radius 3 is 2.88 bits per heavy atom. The van der Waals surface area contributed by atoms with E-state index in [9.17, 15) is 4.79 Å². The Kier molecular flexibility index (Phi) is 10.5. The lowest BCUT2D eigenvalue weighted by Gasteiger charge is -2.26. The minimum Gasteiger partial charge on any atom is -0.494 e.